The summed E-state index contributed by atoms with van der Waals surface area (Å²) in [6.45, 7) is 13.8. The van der Waals surface area contributed by atoms with Gasteiger partial charge in [0.2, 0.25) is 6.54 Å². The number of rotatable bonds is 7. The van der Waals surface area contributed by atoms with Gasteiger partial charge in [-0.05, 0) is 67.9 Å². The summed E-state index contributed by atoms with van der Waals surface area (Å²) >= 11 is 6.62. The van der Waals surface area contributed by atoms with Crippen LogP contribution in [0.5, 0.6) is 6.01 Å². The molecule has 0 spiro atoms. The van der Waals surface area contributed by atoms with Gasteiger partial charge in [-0.3, -0.25) is 9.69 Å². The number of hydrogen-bond donors (Lipinski definition) is 0. The Morgan fingerprint density at radius 1 is 1.09 bits per heavy atom. The number of amides is 1. The minimum Gasteiger partial charge on any atom is -0.461 e. The zero-order valence-corrected chi connectivity index (χ0v) is 26.1. The van der Waals surface area contributed by atoms with Crippen LogP contribution in [0, 0.1) is 12.4 Å². The van der Waals surface area contributed by atoms with Crippen molar-refractivity contribution in [3.05, 3.63) is 83.2 Å². The predicted molar refractivity (Wildman–Crippen MR) is 175 cm³/mol. The van der Waals surface area contributed by atoms with E-state index in [2.05, 4.69) is 16.3 Å². The number of anilines is 1. The van der Waals surface area contributed by atoms with Crippen LogP contribution in [0.1, 0.15) is 25.7 Å². The van der Waals surface area contributed by atoms with Crippen molar-refractivity contribution < 1.29 is 18.3 Å². The maximum atomic E-state index is 16.2. The van der Waals surface area contributed by atoms with Gasteiger partial charge in [0.1, 0.15) is 24.3 Å². The van der Waals surface area contributed by atoms with E-state index in [0.29, 0.717) is 46.0 Å². The number of carbonyl (C=O) groups excluding carboxylic acids is 1. The number of ether oxygens (including phenoxy) is 1. The number of benzene rings is 3. The number of aromatic nitrogens is 2. The Morgan fingerprint density at radius 3 is 2.59 bits per heavy atom. The molecule has 11 heteroatoms. The van der Waals surface area contributed by atoms with Gasteiger partial charge >= 0.3 is 6.01 Å². The van der Waals surface area contributed by atoms with Crippen molar-refractivity contribution in [3.63, 3.8) is 0 Å². The third kappa shape index (κ3) is 5.31. The number of fused-ring (bicyclic) bond motifs is 3. The second kappa shape index (κ2) is 12.1. The van der Waals surface area contributed by atoms with Gasteiger partial charge in [-0.1, -0.05) is 48.5 Å². The smallest absolute Gasteiger partial charge is 0.319 e. The van der Waals surface area contributed by atoms with Crippen LogP contribution in [0.15, 0.2) is 60.9 Å². The molecule has 0 radical (unpaired) electrons. The summed E-state index contributed by atoms with van der Waals surface area (Å²) in [7, 11) is 0. The number of carbonyl (C=O) groups is 1. The van der Waals surface area contributed by atoms with Crippen LogP contribution in [0.3, 0.4) is 0 Å². The zero-order chi connectivity index (χ0) is 32.0. The van der Waals surface area contributed by atoms with E-state index in [4.69, 9.17) is 32.9 Å². The van der Waals surface area contributed by atoms with Crippen LogP contribution < -0.4 is 9.64 Å². The van der Waals surface area contributed by atoms with E-state index in [0.717, 1.165) is 49.5 Å². The first-order valence-corrected chi connectivity index (χ1v) is 16.0. The van der Waals surface area contributed by atoms with Crippen molar-refractivity contribution in [2.75, 3.05) is 50.8 Å². The zero-order valence-electron chi connectivity index (χ0n) is 25.3. The second-order valence-corrected chi connectivity index (χ2v) is 12.8. The van der Waals surface area contributed by atoms with E-state index in [-0.39, 0.29) is 31.2 Å². The first-order chi connectivity index (χ1) is 22.3. The fraction of sp³-hybridized carbons (Fsp3) is 0.371. The molecule has 0 bridgehead atoms. The SMILES string of the molecule is [C-]#[N+]C[C@H]1CN(c2nc(OCC34CCCN3CCC4)nc3cc(-c4cccc5cccc(Cl)c45)c(F)cc23)CCN1C(=O)C(=C)F. The first-order valence-electron chi connectivity index (χ1n) is 15.6. The van der Waals surface area contributed by atoms with Crippen molar-refractivity contribution in [1.82, 2.24) is 19.8 Å². The van der Waals surface area contributed by atoms with Gasteiger partial charge in [0, 0.05) is 41.0 Å². The number of nitrogens with zero attached hydrogens (tertiary/aromatic N) is 6. The summed E-state index contributed by atoms with van der Waals surface area (Å²) in [4.78, 5) is 31.4. The Bertz CT molecular complexity index is 1900. The molecule has 3 fully saturated rings. The van der Waals surface area contributed by atoms with E-state index in [1.165, 1.54) is 11.0 Å². The average Bonchev–Trinajstić information content (AvgIpc) is 3.64. The predicted octanol–water partition coefficient (Wildman–Crippen LogP) is 6.67. The molecule has 4 heterocycles. The number of piperazine rings is 1. The van der Waals surface area contributed by atoms with Gasteiger partial charge in [0.15, 0.2) is 5.83 Å². The van der Waals surface area contributed by atoms with E-state index < -0.39 is 23.6 Å². The first kappa shape index (κ1) is 30.3. The largest absolute Gasteiger partial charge is 0.461 e. The molecular weight excluding hydrogens is 610 g/mol. The number of hydrogen-bond acceptors (Lipinski definition) is 6. The van der Waals surface area contributed by atoms with Gasteiger partial charge in [-0.2, -0.15) is 9.97 Å². The summed E-state index contributed by atoms with van der Waals surface area (Å²) in [6, 6.07) is 14.0. The molecule has 46 heavy (non-hydrogen) atoms. The molecule has 3 aromatic carbocycles. The summed E-state index contributed by atoms with van der Waals surface area (Å²) in [5.41, 5.74) is 1.45. The molecule has 4 aromatic rings. The summed E-state index contributed by atoms with van der Waals surface area (Å²) < 4.78 is 36.4. The van der Waals surface area contributed by atoms with Gasteiger partial charge in [-0.15, -0.1) is 0 Å². The molecule has 3 aliphatic heterocycles. The molecule has 8 nitrogen and oxygen atoms in total. The lowest BCUT2D eigenvalue weighted by Gasteiger charge is -2.39. The Hall–Kier alpha value is -4.33. The van der Waals surface area contributed by atoms with Crippen LogP contribution in [-0.4, -0.2) is 83.1 Å². The van der Waals surface area contributed by atoms with Gasteiger partial charge in [0.25, 0.3) is 5.91 Å². The van der Waals surface area contributed by atoms with E-state index in [1.807, 2.05) is 35.2 Å². The maximum absolute atomic E-state index is 16.2. The van der Waals surface area contributed by atoms with Crippen molar-refractivity contribution in [2.45, 2.75) is 37.3 Å². The maximum Gasteiger partial charge on any atom is 0.319 e. The monoisotopic (exact) mass is 642 g/mol. The summed E-state index contributed by atoms with van der Waals surface area (Å²) in [6.07, 6.45) is 4.36. The highest BCUT2D eigenvalue weighted by Crippen LogP contribution is 2.41. The molecule has 0 saturated carbocycles. The lowest BCUT2D eigenvalue weighted by molar-refractivity contribution is -0.131. The molecule has 3 saturated heterocycles. The Balaban J connectivity index is 1.32. The molecule has 1 atom stereocenters. The topological polar surface area (TPSA) is 66.2 Å². The normalized spacial score (nSPS) is 19.4. The van der Waals surface area contributed by atoms with Crippen LogP contribution in [0.4, 0.5) is 14.6 Å². The van der Waals surface area contributed by atoms with Crippen LogP contribution >= 0.6 is 11.6 Å². The molecule has 7 rings (SSSR count). The molecule has 1 amide bonds. The van der Waals surface area contributed by atoms with Crippen molar-refractivity contribution in [1.29, 1.82) is 0 Å². The standard InChI is InChI=1S/C35H33ClF2N6O2/c1-22(37)33(45)44-16-15-42(20-24(44)19-39-2)32-27-17-29(38)26(25-9-3-7-23-8-4-10-28(36)31(23)25)18-30(27)40-34(41-32)46-21-35-11-5-13-43(35)14-6-12-35/h3-4,7-10,17-18,24H,1,5-6,11-16,19-21H2/t24-/m0/s1. The third-order valence-corrected chi connectivity index (χ3v) is 10.1. The number of halogens is 3. The quantitative estimate of drug-likeness (QED) is 0.166. The highest BCUT2D eigenvalue weighted by Gasteiger charge is 2.45. The van der Waals surface area contributed by atoms with Crippen molar-refractivity contribution in [2.24, 2.45) is 0 Å². The highest BCUT2D eigenvalue weighted by atomic mass is 35.5. The van der Waals surface area contributed by atoms with Gasteiger partial charge in [-0.25, -0.2) is 15.4 Å². The minimum atomic E-state index is -1.07. The molecule has 236 valence electrons. The van der Waals surface area contributed by atoms with Crippen molar-refractivity contribution in [3.8, 4) is 17.1 Å². The van der Waals surface area contributed by atoms with Crippen LogP contribution in [-0.2, 0) is 4.79 Å². The fourth-order valence-corrected chi connectivity index (χ4v) is 7.82. The summed E-state index contributed by atoms with van der Waals surface area (Å²) in [5.74, 6) is -1.92. The summed E-state index contributed by atoms with van der Waals surface area (Å²) in [5, 5.41) is 2.63. The Morgan fingerprint density at radius 2 is 1.85 bits per heavy atom. The Labute approximate surface area is 271 Å². The van der Waals surface area contributed by atoms with E-state index >= 15 is 4.39 Å². The molecule has 0 unspecified atom stereocenters. The second-order valence-electron chi connectivity index (χ2n) is 12.4. The lowest BCUT2D eigenvalue weighted by atomic mass is 9.95. The molecule has 0 aliphatic carbocycles. The average molecular weight is 643 g/mol. The van der Waals surface area contributed by atoms with Gasteiger partial charge in [0.05, 0.1) is 11.1 Å². The fourth-order valence-electron chi connectivity index (χ4n) is 7.54. The van der Waals surface area contributed by atoms with Crippen LogP contribution in [0.25, 0.3) is 37.6 Å². The Kier molecular flexibility index (Phi) is 7.99. The van der Waals surface area contributed by atoms with Gasteiger partial charge < -0.3 is 19.4 Å². The highest BCUT2D eigenvalue weighted by molar-refractivity contribution is 6.36. The molecular formula is C35H33ClF2N6O2. The van der Waals surface area contributed by atoms with Crippen LogP contribution in [0.2, 0.25) is 5.02 Å². The minimum absolute atomic E-state index is 0.0272. The molecule has 0 N–H and O–H groups in total. The van der Waals surface area contributed by atoms with Crippen molar-refractivity contribution >= 4 is 45.0 Å². The lowest BCUT2D eigenvalue weighted by Crippen LogP contribution is -2.56. The molecule has 3 aliphatic rings. The van der Waals surface area contributed by atoms with E-state index in [9.17, 15) is 9.18 Å². The third-order valence-electron chi connectivity index (χ3n) is 9.75. The molecule has 1 aromatic heterocycles. The van der Waals surface area contributed by atoms with E-state index in [1.54, 1.807) is 12.1 Å².